The van der Waals surface area contributed by atoms with E-state index in [9.17, 15) is 5.26 Å². The van der Waals surface area contributed by atoms with Gasteiger partial charge in [0, 0.05) is 10.5 Å². The van der Waals surface area contributed by atoms with Crippen LogP contribution in [0.5, 0.6) is 0 Å². The van der Waals surface area contributed by atoms with E-state index in [1.54, 1.807) is 11.8 Å². The molecule has 0 radical (unpaired) electrons. The molecule has 0 aliphatic rings. The smallest absolute Gasteiger partial charge is 0.141 e. The topological polar surface area (TPSA) is 35.8 Å². The summed E-state index contributed by atoms with van der Waals surface area (Å²) in [6.07, 6.45) is 0. The van der Waals surface area contributed by atoms with E-state index in [2.05, 4.69) is 32.2 Å². The Morgan fingerprint density at radius 2 is 1.82 bits per heavy atom. The summed E-state index contributed by atoms with van der Waals surface area (Å²) >= 11 is 1.80. The third kappa shape index (κ3) is 3.76. The highest BCUT2D eigenvalue weighted by Crippen LogP contribution is 2.31. The van der Waals surface area contributed by atoms with Crippen LogP contribution in [0.3, 0.4) is 0 Å². The molecule has 1 rings (SSSR count). The molecule has 0 spiro atoms. The second kappa shape index (κ2) is 5.57. The molecule has 0 fully saturated rings. The molecule has 0 amide bonds. The number of nitriles is 1. The third-order valence-corrected chi connectivity index (χ3v) is 4.05. The quantitative estimate of drug-likeness (QED) is 0.889. The first-order chi connectivity index (χ1) is 7.93. The fourth-order valence-corrected chi connectivity index (χ4v) is 2.53. The first-order valence-corrected chi connectivity index (χ1v) is 6.72. The summed E-state index contributed by atoms with van der Waals surface area (Å²) in [5, 5.41) is 12.7. The van der Waals surface area contributed by atoms with Crippen LogP contribution in [0.15, 0.2) is 30.3 Å². The lowest BCUT2D eigenvalue weighted by Gasteiger charge is -2.29. The average molecular weight is 248 g/mol. The Kier molecular flexibility index (Phi) is 4.62. The number of thioether (sulfide) groups is 1. The van der Waals surface area contributed by atoms with Crippen molar-refractivity contribution in [2.45, 2.75) is 31.1 Å². The van der Waals surface area contributed by atoms with E-state index in [0.717, 1.165) is 11.3 Å². The van der Waals surface area contributed by atoms with Crippen LogP contribution < -0.4 is 5.32 Å². The van der Waals surface area contributed by atoms with Crippen LogP contribution in [0.25, 0.3) is 0 Å². The van der Waals surface area contributed by atoms with Gasteiger partial charge in [-0.1, -0.05) is 51.1 Å². The summed E-state index contributed by atoms with van der Waals surface area (Å²) in [7, 11) is 1.85. The number of hydrogen-bond donors (Lipinski definition) is 1. The molecule has 1 N–H and O–H groups in total. The molecule has 0 bridgehead atoms. The van der Waals surface area contributed by atoms with Crippen LogP contribution in [0, 0.1) is 11.3 Å². The highest BCUT2D eigenvalue weighted by Gasteiger charge is 2.32. The number of hydrogen-bond acceptors (Lipinski definition) is 3. The van der Waals surface area contributed by atoms with Crippen molar-refractivity contribution >= 4 is 11.8 Å². The predicted molar refractivity (Wildman–Crippen MR) is 75.0 cm³/mol. The lowest BCUT2D eigenvalue weighted by Crippen LogP contribution is -2.42. The van der Waals surface area contributed by atoms with Crippen LogP contribution in [0.2, 0.25) is 0 Å². The van der Waals surface area contributed by atoms with E-state index in [1.165, 1.54) is 0 Å². The van der Waals surface area contributed by atoms with Crippen molar-refractivity contribution in [2.24, 2.45) is 0 Å². The molecule has 0 heterocycles. The third-order valence-electron chi connectivity index (χ3n) is 2.61. The maximum Gasteiger partial charge on any atom is 0.141 e. The maximum atomic E-state index is 9.50. The Morgan fingerprint density at radius 1 is 1.24 bits per heavy atom. The van der Waals surface area contributed by atoms with Gasteiger partial charge in [-0.05, 0) is 12.6 Å². The van der Waals surface area contributed by atoms with Crippen LogP contribution in [0.1, 0.15) is 26.3 Å². The molecule has 1 unspecified atom stereocenters. The Bertz CT molecular complexity index is 389. The number of nitrogens with zero attached hydrogens (tertiary/aromatic N) is 1. The van der Waals surface area contributed by atoms with Crippen molar-refractivity contribution in [3.63, 3.8) is 0 Å². The van der Waals surface area contributed by atoms with Gasteiger partial charge in [0.2, 0.25) is 0 Å². The number of nitrogens with one attached hydrogen (secondary N) is 1. The Labute approximate surface area is 108 Å². The van der Waals surface area contributed by atoms with Crippen LogP contribution in [0.4, 0.5) is 0 Å². The van der Waals surface area contributed by atoms with E-state index >= 15 is 0 Å². The summed E-state index contributed by atoms with van der Waals surface area (Å²) in [4.78, 5) is 0. The standard InChI is InChI=1S/C14H20N2S/c1-13(2,3)17-11-14(10-15,16-4)12-8-6-5-7-9-12/h5-9,16H,11H2,1-4H3. The van der Waals surface area contributed by atoms with Crippen LogP contribution in [-0.2, 0) is 5.54 Å². The molecule has 0 saturated carbocycles. The lowest BCUT2D eigenvalue weighted by molar-refractivity contribution is 0.526. The van der Waals surface area contributed by atoms with Gasteiger partial charge in [-0.25, -0.2) is 0 Å². The van der Waals surface area contributed by atoms with E-state index in [1.807, 2.05) is 37.4 Å². The highest BCUT2D eigenvalue weighted by atomic mass is 32.2. The van der Waals surface area contributed by atoms with Gasteiger partial charge in [-0.15, -0.1) is 0 Å². The van der Waals surface area contributed by atoms with Gasteiger partial charge in [0.05, 0.1) is 6.07 Å². The van der Waals surface area contributed by atoms with Gasteiger partial charge in [-0.2, -0.15) is 17.0 Å². The molecule has 0 saturated heterocycles. The Morgan fingerprint density at radius 3 is 2.24 bits per heavy atom. The molecule has 0 aromatic heterocycles. The second-order valence-electron chi connectivity index (χ2n) is 5.03. The predicted octanol–water partition coefficient (Wildman–Crippen LogP) is 3.16. The summed E-state index contributed by atoms with van der Waals surface area (Å²) in [5.74, 6) is 0.744. The van der Waals surface area contributed by atoms with Gasteiger partial charge < -0.3 is 0 Å². The lowest BCUT2D eigenvalue weighted by atomic mass is 9.94. The fourth-order valence-electron chi connectivity index (χ4n) is 1.50. The van der Waals surface area contributed by atoms with E-state index in [0.29, 0.717) is 0 Å². The largest absolute Gasteiger partial charge is 0.298 e. The monoisotopic (exact) mass is 248 g/mol. The molecular weight excluding hydrogens is 228 g/mol. The van der Waals surface area contributed by atoms with Crippen LogP contribution in [-0.4, -0.2) is 17.5 Å². The SMILES string of the molecule is CNC(C#N)(CSC(C)(C)C)c1ccccc1. The van der Waals surface area contributed by atoms with Gasteiger partial charge in [0.25, 0.3) is 0 Å². The zero-order valence-corrected chi connectivity index (χ0v) is 11.8. The van der Waals surface area contributed by atoms with Gasteiger partial charge in [-0.3, -0.25) is 5.32 Å². The number of rotatable bonds is 4. The van der Waals surface area contributed by atoms with E-state index < -0.39 is 5.54 Å². The maximum absolute atomic E-state index is 9.50. The van der Waals surface area contributed by atoms with Gasteiger partial charge in [0.15, 0.2) is 0 Å². The minimum Gasteiger partial charge on any atom is -0.298 e. The van der Waals surface area contributed by atoms with Crippen molar-refractivity contribution in [2.75, 3.05) is 12.8 Å². The van der Waals surface area contributed by atoms with Crippen molar-refractivity contribution in [3.8, 4) is 6.07 Å². The molecule has 0 aliphatic carbocycles. The fraction of sp³-hybridized carbons (Fsp3) is 0.500. The number of benzene rings is 1. The Balaban J connectivity index is 2.95. The summed E-state index contributed by atoms with van der Waals surface area (Å²) < 4.78 is 0.160. The molecule has 92 valence electrons. The molecule has 17 heavy (non-hydrogen) atoms. The molecule has 1 aromatic carbocycles. The molecular formula is C14H20N2S. The van der Waals surface area contributed by atoms with Crippen molar-refractivity contribution in [1.29, 1.82) is 5.26 Å². The van der Waals surface area contributed by atoms with E-state index in [4.69, 9.17) is 0 Å². The van der Waals surface area contributed by atoms with E-state index in [-0.39, 0.29) is 4.75 Å². The highest BCUT2D eigenvalue weighted by molar-refractivity contribution is 8.00. The molecule has 3 heteroatoms. The first kappa shape index (κ1) is 14.1. The first-order valence-electron chi connectivity index (χ1n) is 5.73. The summed E-state index contributed by atoms with van der Waals surface area (Å²) in [6.45, 7) is 6.50. The minimum absolute atomic E-state index is 0.160. The van der Waals surface area contributed by atoms with Gasteiger partial charge >= 0.3 is 0 Å². The summed E-state index contributed by atoms with van der Waals surface area (Å²) in [6, 6.07) is 12.3. The zero-order chi connectivity index (χ0) is 12.9. The Hall–Kier alpha value is -0.980. The second-order valence-corrected chi connectivity index (χ2v) is 6.84. The van der Waals surface area contributed by atoms with Gasteiger partial charge in [0.1, 0.15) is 5.54 Å². The zero-order valence-electron chi connectivity index (χ0n) is 10.9. The van der Waals surface area contributed by atoms with Crippen LogP contribution >= 0.6 is 11.8 Å². The normalized spacial score (nSPS) is 15.0. The van der Waals surface area contributed by atoms with Crippen molar-refractivity contribution in [1.82, 2.24) is 5.32 Å². The molecule has 2 nitrogen and oxygen atoms in total. The molecule has 1 atom stereocenters. The van der Waals surface area contributed by atoms with Crippen molar-refractivity contribution < 1.29 is 0 Å². The van der Waals surface area contributed by atoms with Crippen molar-refractivity contribution in [3.05, 3.63) is 35.9 Å². The average Bonchev–Trinajstić information content (AvgIpc) is 2.31. The summed E-state index contributed by atoms with van der Waals surface area (Å²) in [5.41, 5.74) is 0.431. The molecule has 0 aliphatic heterocycles. The minimum atomic E-state index is -0.598. The molecule has 1 aromatic rings.